The first-order valence-electron chi connectivity index (χ1n) is 8.37. The van der Waals surface area contributed by atoms with Crippen molar-refractivity contribution in [1.82, 2.24) is 0 Å². The van der Waals surface area contributed by atoms with E-state index in [0.717, 1.165) is 16.8 Å². The van der Waals surface area contributed by atoms with Crippen molar-refractivity contribution in [2.45, 2.75) is 20.3 Å². The van der Waals surface area contributed by atoms with Crippen molar-refractivity contribution in [3.8, 4) is 0 Å². The van der Waals surface area contributed by atoms with Gasteiger partial charge in [-0.05, 0) is 55.3 Å². The van der Waals surface area contributed by atoms with Gasteiger partial charge in [-0.2, -0.15) is 0 Å². The van der Waals surface area contributed by atoms with Crippen molar-refractivity contribution in [3.05, 3.63) is 59.2 Å². The van der Waals surface area contributed by atoms with E-state index in [4.69, 9.17) is 5.11 Å². The van der Waals surface area contributed by atoms with Gasteiger partial charge in [0.2, 0.25) is 11.8 Å². The summed E-state index contributed by atoms with van der Waals surface area (Å²) in [6, 6.07) is 11.7. The number of hydrogen-bond acceptors (Lipinski definition) is 3. The lowest BCUT2D eigenvalue weighted by Gasteiger charge is -2.20. The smallest absolute Gasteiger partial charge is 0.335 e. The van der Waals surface area contributed by atoms with Gasteiger partial charge >= 0.3 is 5.97 Å². The minimum Gasteiger partial charge on any atom is -0.478 e. The average molecular weight is 352 g/mol. The molecule has 2 N–H and O–H groups in total. The molecule has 6 heteroatoms. The molecular formula is C20H20N2O4. The fourth-order valence-electron chi connectivity index (χ4n) is 3.08. The number of benzene rings is 2. The minimum absolute atomic E-state index is 0.0694. The van der Waals surface area contributed by atoms with Crippen LogP contribution in [0.3, 0.4) is 0 Å². The third-order valence-electron chi connectivity index (χ3n) is 4.76. The second-order valence-electron chi connectivity index (χ2n) is 6.50. The zero-order chi connectivity index (χ0) is 18.8. The van der Waals surface area contributed by atoms with Crippen LogP contribution >= 0.6 is 0 Å². The Labute approximate surface area is 151 Å². The summed E-state index contributed by atoms with van der Waals surface area (Å²) >= 11 is 0. The molecule has 0 spiro atoms. The lowest BCUT2D eigenvalue weighted by molar-refractivity contribution is -0.122. The number of hydrogen-bond donors (Lipinski definition) is 2. The molecule has 2 aromatic carbocycles. The van der Waals surface area contributed by atoms with Gasteiger partial charge in [0.25, 0.3) is 0 Å². The number of amides is 2. The van der Waals surface area contributed by atoms with Crippen LogP contribution in [0.25, 0.3) is 0 Å². The Hall–Kier alpha value is -3.15. The Kier molecular flexibility index (Phi) is 4.75. The molecule has 0 unspecified atom stereocenters. The van der Waals surface area contributed by atoms with Crippen molar-refractivity contribution >= 4 is 29.2 Å². The van der Waals surface area contributed by atoms with Gasteiger partial charge in [-0.1, -0.05) is 12.1 Å². The van der Waals surface area contributed by atoms with Crippen molar-refractivity contribution in [3.63, 3.8) is 0 Å². The highest BCUT2D eigenvalue weighted by atomic mass is 16.4. The van der Waals surface area contributed by atoms with E-state index in [9.17, 15) is 14.4 Å². The fourth-order valence-corrected chi connectivity index (χ4v) is 3.08. The van der Waals surface area contributed by atoms with E-state index >= 15 is 0 Å². The highest BCUT2D eigenvalue weighted by Crippen LogP contribution is 2.30. The number of nitrogens with zero attached hydrogens (tertiary/aromatic N) is 1. The summed E-state index contributed by atoms with van der Waals surface area (Å²) < 4.78 is 0. The number of anilines is 2. The average Bonchev–Trinajstić information content (AvgIpc) is 2.99. The van der Waals surface area contributed by atoms with Gasteiger partial charge < -0.3 is 15.3 Å². The maximum absolute atomic E-state index is 12.5. The summed E-state index contributed by atoms with van der Waals surface area (Å²) in [7, 11) is 0. The van der Waals surface area contributed by atoms with Crippen LogP contribution in [0, 0.1) is 19.8 Å². The third kappa shape index (κ3) is 3.44. The highest BCUT2D eigenvalue weighted by molar-refractivity contribution is 6.04. The van der Waals surface area contributed by atoms with E-state index in [2.05, 4.69) is 5.32 Å². The summed E-state index contributed by atoms with van der Waals surface area (Å²) in [4.78, 5) is 37.4. The number of rotatable bonds is 4. The van der Waals surface area contributed by atoms with Gasteiger partial charge in [0, 0.05) is 24.3 Å². The van der Waals surface area contributed by atoms with Crippen molar-refractivity contribution in [2.24, 2.45) is 5.92 Å². The van der Waals surface area contributed by atoms with Gasteiger partial charge in [-0.25, -0.2) is 4.79 Å². The van der Waals surface area contributed by atoms with E-state index in [-0.39, 0.29) is 23.8 Å². The summed E-state index contributed by atoms with van der Waals surface area (Å²) in [5, 5.41) is 11.7. The highest BCUT2D eigenvalue weighted by Gasteiger charge is 2.35. The van der Waals surface area contributed by atoms with Crippen LogP contribution in [0.4, 0.5) is 11.4 Å². The summed E-state index contributed by atoms with van der Waals surface area (Å²) in [5.74, 6) is -1.77. The quantitative estimate of drug-likeness (QED) is 0.886. The first-order valence-corrected chi connectivity index (χ1v) is 8.37. The van der Waals surface area contributed by atoms with Crippen LogP contribution in [0.5, 0.6) is 0 Å². The maximum Gasteiger partial charge on any atom is 0.335 e. The Morgan fingerprint density at radius 2 is 1.81 bits per heavy atom. The molecule has 1 aliphatic heterocycles. The summed E-state index contributed by atoms with van der Waals surface area (Å²) in [5.41, 5.74) is 3.64. The number of carbonyl (C=O) groups is 3. The number of aryl methyl sites for hydroxylation is 1. The molecule has 134 valence electrons. The standard InChI is InChI=1S/C20H20N2O4/c1-12-4-3-5-17(13(12)2)22-11-15(10-18(22)23)19(24)21-16-8-6-14(7-9-16)20(25)26/h3-9,15H,10-11H2,1-2H3,(H,21,24)(H,25,26)/t15-/m0/s1. The molecule has 0 bridgehead atoms. The molecule has 2 amide bonds. The zero-order valence-corrected chi connectivity index (χ0v) is 14.7. The third-order valence-corrected chi connectivity index (χ3v) is 4.76. The number of carbonyl (C=O) groups excluding carboxylic acids is 2. The minimum atomic E-state index is -1.02. The van der Waals surface area contributed by atoms with Gasteiger partial charge in [0.15, 0.2) is 0 Å². The molecule has 1 atom stereocenters. The number of carboxylic acid groups (broad SMARTS) is 1. The number of carboxylic acids is 1. The second-order valence-corrected chi connectivity index (χ2v) is 6.50. The van der Waals surface area contributed by atoms with E-state index in [1.165, 1.54) is 12.1 Å². The Morgan fingerprint density at radius 3 is 2.46 bits per heavy atom. The predicted molar refractivity (Wildman–Crippen MR) is 98.4 cm³/mol. The normalized spacial score (nSPS) is 16.6. The van der Waals surface area contributed by atoms with Crippen molar-refractivity contribution in [2.75, 3.05) is 16.8 Å². The molecule has 1 aliphatic rings. The molecule has 1 heterocycles. The van der Waals surface area contributed by atoms with E-state index in [1.807, 2.05) is 32.0 Å². The molecule has 0 saturated carbocycles. The molecule has 6 nitrogen and oxygen atoms in total. The molecular weight excluding hydrogens is 332 g/mol. The fraction of sp³-hybridized carbons (Fsp3) is 0.250. The SMILES string of the molecule is Cc1cccc(N2C[C@@H](C(=O)Nc3ccc(C(=O)O)cc3)CC2=O)c1C. The van der Waals surface area contributed by atoms with Crippen LogP contribution < -0.4 is 10.2 Å². The summed E-state index contributed by atoms with van der Waals surface area (Å²) in [6.07, 6.45) is 0.159. The molecule has 2 aromatic rings. The summed E-state index contributed by atoms with van der Waals surface area (Å²) in [6.45, 7) is 4.29. The van der Waals surface area contributed by atoms with Crippen LogP contribution in [-0.2, 0) is 9.59 Å². The van der Waals surface area contributed by atoms with Crippen molar-refractivity contribution < 1.29 is 19.5 Å². The largest absolute Gasteiger partial charge is 0.478 e. The Balaban J connectivity index is 1.71. The van der Waals surface area contributed by atoms with Gasteiger partial charge in [0.1, 0.15) is 0 Å². The number of aromatic carboxylic acids is 1. The molecule has 3 rings (SSSR count). The van der Waals surface area contributed by atoms with Crippen LogP contribution in [0.1, 0.15) is 27.9 Å². The van der Waals surface area contributed by atoms with Crippen LogP contribution in [-0.4, -0.2) is 29.4 Å². The lowest BCUT2D eigenvalue weighted by atomic mass is 10.1. The maximum atomic E-state index is 12.5. The van der Waals surface area contributed by atoms with Crippen LogP contribution in [0.2, 0.25) is 0 Å². The number of nitrogens with one attached hydrogen (secondary N) is 1. The molecule has 0 aliphatic carbocycles. The molecule has 1 saturated heterocycles. The van der Waals surface area contributed by atoms with Crippen molar-refractivity contribution in [1.29, 1.82) is 0 Å². The first-order chi connectivity index (χ1) is 12.4. The monoisotopic (exact) mass is 352 g/mol. The molecule has 26 heavy (non-hydrogen) atoms. The second kappa shape index (κ2) is 7.00. The van der Waals surface area contributed by atoms with E-state index in [1.54, 1.807) is 17.0 Å². The Bertz CT molecular complexity index is 874. The molecule has 0 aromatic heterocycles. The van der Waals surface area contributed by atoms with Gasteiger partial charge in [-0.3, -0.25) is 9.59 Å². The molecule has 0 radical (unpaired) electrons. The van der Waals surface area contributed by atoms with Gasteiger partial charge in [0.05, 0.1) is 11.5 Å². The molecule has 1 fully saturated rings. The van der Waals surface area contributed by atoms with Gasteiger partial charge in [-0.15, -0.1) is 0 Å². The Morgan fingerprint density at radius 1 is 1.12 bits per heavy atom. The topological polar surface area (TPSA) is 86.7 Å². The lowest BCUT2D eigenvalue weighted by Crippen LogP contribution is -2.28. The predicted octanol–water partition coefficient (Wildman–Crippen LogP) is 2.99. The first kappa shape index (κ1) is 17.7. The van der Waals surface area contributed by atoms with E-state index < -0.39 is 11.9 Å². The van der Waals surface area contributed by atoms with Crippen LogP contribution in [0.15, 0.2) is 42.5 Å². The van der Waals surface area contributed by atoms with E-state index in [0.29, 0.717) is 12.2 Å². The zero-order valence-electron chi connectivity index (χ0n) is 14.7.